The van der Waals surface area contributed by atoms with Gasteiger partial charge in [0.25, 0.3) is 0 Å². The van der Waals surface area contributed by atoms with E-state index >= 15 is 0 Å². The van der Waals surface area contributed by atoms with Crippen LogP contribution in [-0.4, -0.2) is 28.6 Å². The highest BCUT2D eigenvalue weighted by atomic mass is 16.5. The highest BCUT2D eigenvalue weighted by Gasteiger charge is 2.41. The predicted octanol–water partition coefficient (Wildman–Crippen LogP) is 6.98. The summed E-state index contributed by atoms with van der Waals surface area (Å²) in [5.41, 5.74) is 6.86. The molecule has 1 unspecified atom stereocenters. The van der Waals surface area contributed by atoms with Gasteiger partial charge in [-0.3, -0.25) is 0 Å². The third kappa shape index (κ3) is 3.87. The fraction of sp³-hybridized carbons (Fsp3) is 0.0938. The number of aliphatic imine (C=N–C) groups is 2. The molecule has 0 saturated carbocycles. The number of nitrogens with one attached hydrogen (secondary N) is 1. The minimum atomic E-state index is -0.148. The lowest BCUT2D eigenvalue weighted by molar-refractivity contribution is 0.415. The maximum Gasteiger partial charge on any atom is 0.179 e. The first-order valence-corrected chi connectivity index (χ1v) is 12.9. The molecule has 0 radical (unpaired) electrons. The molecule has 1 aromatic heterocycles. The zero-order valence-corrected chi connectivity index (χ0v) is 21.6. The Labute approximate surface area is 226 Å². The number of aryl methyl sites for hydroxylation is 1. The highest BCUT2D eigenvalue weighted by Crippen LogP contribution is 2.48. The van der Waals surface area contributed by atoms with Gasteiger partial charge < -0.3 is 15.0 Å². The summed E-state index contributed by atoms with van der Waals surface area (Å²) in [5.74, 6) is 2.96. The quantitative estimate of drug-likeness (QED) is 0.283. The number of hydrogen-bond donors (Lipinski definition) is 1. The van der Waals surface area contributed by atoms with E-state index in [1.54, 1.807) is 7.11 Å². The minimum Gasteiger partial charge on any atom is -0.497 e. The van der Waals surface area contributed by atoms with Crippen LogP contribution in [0.1, 0.15) is 22.9 Å². The van der Waals surface area contributed by atoms with Gasteiger partial charge in [-0.25, -0.2) is 14.7 Å². The lowest BCUT2D eigenvalue weighted by atomic mass is 9.93. The molecule has 3 heterocycles. The molecule has 4 aromatic carbocycles. The fourth-order valence-corrected chi connectivity index (χ4v) is 5.34. The van der Waals surface area contributed by atoms with Gasteiger partial charge in [0.2, 0.25) is 0 Å². The van der Waals surface area contributed by atoms with Crippen molar-refractivity contribution in [2.45, 2.75) is 13.0 Å². The van der Waals surface area contributed by atoms with E-state index in [9.17, 15) is 0 Å². The number of aromatic nitrogens is 2. The number of amidine groups is 2. The van der Waals surface area contributed by atoms with E-state index in [-0.39, 0.29) is 6.04 Å². The first-order valence-electron chi connectivity index (χ1n) is 12.9. The number of methoxy groups -OCH3 is 1. The Morgan fingerprint density at radius 1 is 0.795 bits per heavy atom. The Hall–Kier alpha value is -5.17. The number of fused-ring (bicyclic) bond motifs is 4. The number of hydrogen-bond acceptors (Lipinski definition) is 6. The van der Waals surface area contributed by atoms with Crippen molar-refractivity contribution in [1.29, 1.82) is 0 Å². The third-order valence-corrected chi connectivity index (χ3v) is 7.09. The van der Waals surface area contributed by atoms with Gasteiger partial charge in [0.1, 0.15) is 5.75 Å². The molecule has 7 rings (SSSR count). The van der Waals surface area contributed by atoms with Crippen LogP contribution in [0.4, 0.5) is 22.9 Å². The normalized spacial score (nSPS) is 15.4. The molecule has 0 saturated heterocycles. The maximum atomic E-state index is 5.46. The summed E-state index contributed by atoms with van der Waals surface area (Å²) < 4.78 is 7.40. The molecule has 0 bridgehead atoms. The average Bonchev–Trinajstić information content (AvgIpc) is 3.33. The molecule has 0 spiro atoms. The predicted molar refractivity (Wildman–Crippen MR) is 156 cm³/mol. The first-order chi connectivity index (χ1) is 19.2. The standard InChI is InChI=1S/C32H26N6O/c1-21-28-29(22-12-5-3-6-13-22)37-27-19-10-9-18-26(27)34-30(33-23-14-11-17-25(20-23)39-2)32(37)35-31(28)38(36-21)24-15-7-4-8-16-24/h3-20,29H,1-2H3,(H,33,34). The number of anilines is 2. The Morgan fingerprint density at radius 2 is 1.54 bits per heavy atom. The van der Waals surface area contributed by atoms with Crippen molar-refractivity contribution >= 4 is 34.6 Å². The van der Waals surface area contributed by atoms with Crippen LogP contribution in [0.2, 0.25) is 0 Å². The van der Waals surface area contributed by atoms with E-state index in [4.69, 9.17) is 19.8 Å². The molecule has 5 aromatic rings. The lowest BCUT2D eigenvalue weighted by Gasteiger charge is -2.40. The van der Waals surface area contributed by atoms with Crippen LogP contribution < -0.4 is 15.0 Å². The average molecular weight is 511 g/mol. The Kier molecular flexibility index (Phi) is 5.48. The zero-order chi connectivity index (χ0) is 26.3. The Morgan fingerprint density at radius 3 is 2.33 bits per heavy atom. The van der Waals surface area contributed by atoms with Crippen molar-refractivity contribution in [3.8, 4) is 11.4 Å². The third-order valence-electron chi connectivity index (χ3n) is 7.09. The molecule has 1 N–H and O–H groups in total. The largest absolute Gasteiger partial charge is 0.497 e. The van der Waals surface area contributed by atoms with Crippen LogP contribution in [0.25, 0.3) is 5.69 Å². The van der Waals surface area contributed by atoms with Crippen molar-refractivity contribution in [2.75, 3.05) is 17.3 Å². The second kappa shape index (κ2) is 9.29. The van der Waals surface area contributed by atoms with E-state index in [0.29, 0.717) is 5.84 Å². The topological polar surface area (TPSA) is 67.0 Å². The molecule has 39 heavy (non-hydrogen) atoms. The van der Waals surface area contributed by atoms with Crippen molar-refractivity contribution in [1.82, 2.24) is 9.78 Å². The van der Waals surface area contributed by atoms with Crippen LogP contribution in [0.3, 0.4) is 0 Å². The van der Waals surface area contributed by atoms with Gasteiger partial charge in [-0.05, 0) is 48.9 Å². The van der Waals surface area contributed by atoms with Crippen molar-refractivity contribution in [2.24, 2.45) is 9.98 Å². The molecule has 0 aliphatic carbocycles. The smallest absolute Gasteiger partial charge is 0.179 e. The van der Waals surface area contributed by atoms with Crippen molar-refractivity contribution in [3.05, 3.63) is 126 Å². The van der Waals surface area contributed by atoms with E-state index in [1.165, 1.54) is 0 Å². The van der Waals surface area contributed by atoms with Crippen LogP contribution in [-0.2, 0) is 0 Å². The summed E-state index contributed by atoms with van der Waals surface area (Å²) in [4.78, 5) is 12.6. The van der Waals surface area contributed by atoms with Crippen molar-refractivity contribution < 1.29 is 4.74 Å². The van der Waals surface area contributed by atoms with Crippen LogP contribution in [0.15, 0.2) is 119 Å². The van der Waals surface area contributed by atoms with Gasteiger partial charge >= 0.3 is 0 Å². The summed E-state index contributed by atoms with van der Waals surface area (Å²) in [6, 6.07) is 36.6. The molecule has 0 amide bonds. The monoisotopic (exact) mass is 510 g/mol. The molecule has 2 aliphatic rings. The van der Waals surface area contributed by atoms with Crippen molar-refractivity contribution in [3.63, 3.8) is 0 Å². The van der Waals surface area contributed by atoms with E-state index in [2.05, 4.69) is 59.6 Å². The van der Waals surface area contributed by atoms with Gasteiger partial charge in [-0.1, -0.05) is 66.7 Å². The van der Waals surface area contributed by atoms with Gasteiger partial charge in [0.05, 0.1) is 35.9 Å². The zero-order valence-electron chi connectivity index (χ0n) is 21.6. The number of benzene rings is 4. The van der Waals surface area contributed by atoms with E-state index < -0.39 is 0 Å². The fourth-order valence-electron chi connectivity index (χ4n) is 5.34. The number of rotatable bonds is 4. The van der Waals surface area contributed by atoms with Crippen LogP contribution in [0.5, 0.6) is 5.75 Å². The molecular formula is C32H26N6O. The molecule has 190 valence electrons. The molecule has 7 nitrogen and oxygen atoms in total. The summed E-state index contributed by atoms with van der Waals surface area (Å²) in [7, 11) is 1.67. The summed E-state index contributed by atoms with van der Waals surface area (Å²) >= 11 is 0. The van der Waals surface area contributed by atoms with E-state index in [0.717, 1.165) is 57.0 Å². The second-order valence-electron chi connectivity index (χ2n) is 9.49. The number of ether oxygens (including phenoxy) is 1. The molecule has 0 fully saturated rings. The molecule has 1 atom stereocenters. The lowest BCUT2D eigenvalue weighted by Crippen LogP contribution is -2.46. The highest BCUT2D eigenvalue weighted by molar-refractivity contribution is 6.51. The summed E-state index contributed by atoms with van der Waals surface area (Å²) in [6.45, 7) is 2.06. The molecule has 7 heteroatoms. The Balaban J connectivity index is 1.48. The number of para-hydroxylation sites is 3. The second-order valence-corrected chi connectivity index (χ2v) is 9.49. The minimum absolute atomic E-state index is 0.148. The summed E-state index contributed by atoms with van der Waals surface area (Å²) in [6.07, 6.45) is 0. The summed E-state index contributed by atoms with van der Waals surface area (Å²) in [5, 5.41) is 8.52. The van der Waals surface area contributed by atoms with E-state index in [1.807, 2.05) is 71.4 Å². The van der Waals surface area contributed by atoms with Gasteiger partial charge in [0.15, 0.2) is 17.5 Å². The van der Waals surface area contributed by atoms with Gasteiger partial charge in [0, 0.05) is 17.3 Å². The Bertz CT molecular complexity index is 1740. The molecular weight excluding hydrogens is 484 g/mol. The van der Waals surface area contributed by atoms with Gasteiger partial charge in [-0.15, -0.1) is 0 Å². The van der Waals surface area contributed by atoms with Crippen LogP contribution >= 0.6 is 0 Å². The molecule has 2 aliphatic heterocycles. The van der Waals surface area contributed by atoms with Gasteiger partial charge in [-0.2, -0.15) is 5.10 Å². The van der Waals surface area contributed by atoms with Crippen LogP contribution in [0, 0.1) is 6.92 Å². The number of nitrogens with zero attached hydrogens (tertiary/aromatic N) is 5. The maximum absolute atomic E-state index is 5.46. The first kappa shape index (κ1) is 23.0. The SMILES string of the molecule is COc1cccc(NC2=Nc3ccccc3N3C2=Nc2c(c(C)nn2-c2ccccc2)C3c2ccccc2)c1.